The number of ether oxygens (including phenoxy) is 1. The number of primary amides is 1. The number of imide groups is 1. The lowest BCUT2D eigenvalue weighted by molar-refractivity contribution is -0.124. The van der Waals surface area contributed by atoms with Gasteiger partial charge in [-0.1, -0.05) is 30.3 Å². The maximum Gasteiger partial charge on any atom is 0.338 e. The molecule has 4 rings (SSSR count). The molecular formula is C25H25N3O6. The third-order valence-electron chi connectivity index (χ3n) is 6.29. The van der Waals surface area contributed by atoms with Gasteiger partial charge >= 0.3 is 5.97 Å². The Balaban J connectivity index is 1.36. The zero-order valence-corrected chi connectivity index (χ0v) is 18.5. The number of carbonyl (C=O) groups is 5. The van der Waals surface area contributed by atoms with Gasteiger partial charge in [-0.25, -0.2) is 9.69 Å². The van der Waals surface area contributed by atoms with Crippen LogP contribution in [-0.4, -0.2) is 60.1 Å². The van der Waals surface area contributed by atoms with Crippen LogP contribution in [0, 0.1) is 5.92 Å². The third kappa shape index (κ3) is 4.89. The van der Waals surface area contributed by atoms with Crippen molar-refractivity contribution in [3.8, 4) is 0 Å². The van der Waals surface area contributed by atoms with Crippen LogP contribution in [0.3, 0.4) is 0 Å². The van der Waals surface area contributed by atoms with Gasteiger partial charge in [-0.05, 0) is 50.2 Å². The van der Waals surface area contributed by atoms with E-state index in [0.717, 1.165) is 4.90 Å². The summed E-state index contributed by atoms with van der Waals surface area (Å²) in [6, 6.07) is 13.9. The maximum atomic E-state index is 13.0. The van der Waals surface area contributed by atoms with E-state index in [4.69, 9.17) is 10.5 Å². The second-order valence-corrected chi connectivity index (χ2v) is 8.41. The summed E-state index contributed by atoms with van der Waals surface area (Å²) in [6.07, 6.45) is 1.19. The van der Waals surface area contributed by atoms with Crippen molar-refractivity contribution in [3.05, 3.63) is 65.7 Å². The predicted octanol–water partition coefficient (Wildman–Crippen LogP) is 1.56. The summed E-state index contributed by atoms with van der Waals surface area (Å²) < 4.78 is 5.10. The molecule has 3 amide bonds. The van der Waals surface area contributed by atoms with Gasteiger partial charge in [0, 0.05) is 11.5 Å². The molecule has 0 saturated carbocycles. The quantitative estimate of drug-likeness (QED) is 0.375. The molecule has 2 saturated heterocycles. The second kappa shape index (κ2) is 9.96. The van der Waals surface area contributed by atoms with Crippen LogP contribution in [0.5, 0.6) is 0 Å². The third-order valence-corrected chi connectivity index (χ3v) is 6.29. The van der Waals surface area contributed by atoms with Crippen molar-refractivity contribution >= 4 is 35.2 Å². The summed E-state index contributed by atoms with van der Waals surface area (Å²) in [5.41, 5.74) is 6.39. The first-order valence-corrected chi connectivity index (χ1v) is 11.1. The molecule has 0 radical (unpaired) electrons. The molecule has 0 aromatic heterocycles. The number of hydrogen-bond donors (Lipinski definition) is 1. The minimum Gasteiger partial charge on any atom is -0.454 e. The molecule has 2 N–H and O–H groups in total. The Bertz CT molecular complexity index is 1110. The van der Waals surface area contributed by atoms with Crippen LogP contribution in [-0.2, 0) is 19.1 Å². The van der Waals surface area contributed by atoms with Crippen LogP contribution in [0.2, 0.25) is 0 Å². The van der Waals surface area contributed by atoms with Crippen molar-refractivity contribution in [1.29, 1.82) is 0 Å². The number of esters is 1. The van der Waals surface area contributed by atoms with Crippen LogP contribution in [0.15, 0.2) is 54.6 Å². The molecule has 34 heavy (non-hydrogen) atoms. The first-order chi connectivity index (χ1) is 16.3. The fourth-order valence-electron chi connectivity index (χ4n) is 4.34. The van der Waals surface area contributed by atoms with Crippen LogP contribution >= 0.6 is 0 Å². The number of anilines is 1. The summed E-state index contributed by atoms with van der Waals surface area (Å²) in [5.74, 6) is -2.18. The Morgan fingerprint density at radius 2 is 1.56 bits per heavy atom. The predicted molar refractivity (Wildman–Crippen MR) is 122 cm³/mol. The summed E-state index contributed by atoms with van der Waals surface area (Å²) >= 11 is 0. The van der Waals surface area contributed by atoms with Gasteiger partial charge in [-0.3, -0.25) is 24.1 Å². The Morgan fingerprint density at radius 3 is 2.18 bits per heavy atom. The highest BCUT2D eigenvalue weighted by molar-refractivity contribution is 6.22. The Hall–Kier alpha value is -3.85. The summed E-state index contributed by atoms with van der Waals surface area (Å²) in [7, 11) is 0. The molecule has 2 aliphatic rings. The molecule has 9 heteroatoms. The van der Waals surface area contributed by atoms with Crippen molar-refractivity contribution in [2.45, 2.75) is 25.3 Å². The zero-order valence-electron chi connectivity index (χ0n) is 18.5. The van der Waals surface area contributed by atoms with Gasteiger partial charge < -0.3 is 10.5 Å². The van der Waals surface area contributed by atoms with Crippen molar-refractivity contribution in [2.24, 2.45) is 11.7 Å². The van der Waals surface area contributed by atoms with E-state index >= 15 is 0 Å². The molecule has 2 aliphatic heterocycles. The average Bonchev–Trinajstić information content (AvgIpc) is 3.16. The van der Waals surface area contributed by atoms with Gasteiger partial charge in [0.25, 0.3) is 5.91 Å². The monoisotopic (exact) mass is 463 g/mol. The number of nitrogens with two attached hydrogens (primary N) is 1. The molecule has 2 aromatic carbocycles. The van der Waals surface area contributed by atoms with E-state index in [2.05, 4.69) is 0 Å². The zero-order chi connectivity index (χ0) is 24.2. The van der Waals surface area contributed by atoms with Crippen molar-refractivity contribution < 1.29 is 28.7 Å². The Morgan fingerprint density at radius 1 is 0.912 bits per heavy atom. The number of rotatable bonds is 7. The summed E-state index contributed by atoms with van der Waals surface area (Å²) in [5, 5.41) is 0. The van der Waals surface area contributed by atoms with Gasteiger partial charge in [0.1, 0.15) is 0 Å². The summed E-state index contributed by atoms with van der Waals surface area (Å²) in [4.78, 5) is 64.5. The SMILES string of the molecule is NC(=O)C1CCN(C2CC(=O)N(c3ccc(C(=O)OCC(=O)c4ccccc4)cc3)C2=O)CC1. The highest BCUT2D eigenvalue weighted by atomic mass is 16.5. The molecule has 2 aromatic rings. The number of benzene rings is 2. The molecule has 2 heterocycles. The maximum absolute atomic E-state index is 13.0. The fourth-order valence-corrected chi connectivity index (χ4v) is 4.34. The number of ketones is 1. The van der Waals surface area contributed by atoms with Gasteiger partial charge in [0.15, 0.2) is 12.4 Å². The number of piperidine rings is 1. The smallest absolute Gasteiger partial charge is 0.338 e. The van der Waals surface area contributed by atoms with Gasteiger partial charge in [-0.15, -0.1) is 0 Å². The number of likely N-dealkylation sites (tertiary alicyclic amines) is 1. The first kappa shape index (κ1) is 23.3. The largest absolute Gasteiger partial charge is 0.454 e. The molecule has 2 fully saturated rings. The molecule has 0 aliphatic carbocycles. The topological polar surface area (TPSA) is 127 Å². The minimum absolute atomic E-state index is 0.0610. The fraction of sp³-hybridized carbons (Fsp3) is 0.320. The van der Waals surface area contributed by atoms with E-state index in [1.54, 1.807) is 30.3 Å². The molecule has 176 valence electrons. The highest BCUT2D eigenvalue weighted by Gasteiger charge is 2.43. The molecule has 1 unspecified atom stereocenters. The van der Waals surface area contributed by atoms with E-state index in [1.807, 2.05) is 4.90 Å². The number of hydrogen-bond acceptors (Lipinski definition) is 7. The minimum atomic E-state index is -0.676. The Kier molecular flexibility index (Phi) is 6.83. The number of carbonyl (C=O) groups excluding carboxylic acids is 5. The number of Topliss-reactive ketones (excluding diaryl/α,β-unsaturated/α-hetero) is 1. The average molecular weight is 463 g/mol. The van der Waals surface area contributed by atoms with Gasteiger partial charge in [0.2, 0.25) is 11.8 Å². The molecular weight excluding hydrogens is 438 g/mol. The van der Waals surface area contributed by atoms with E-state index < -0.39 is 12.0 Å². The molecule has 1 atom stereocenters. The molecule has 9 nitrogen and oxygen atoms in total. The highest BCUT2D eigenvalue weighted by Crippen LogP contribution is 2.29. The van der Waals surface area contributed by atoms with E-state index in [-0.39, 0.29) is 48.0 Å². The van der Waals surface area contributed by atoms with Crippen LogP contribution in [0.4, 0.5) is 5.69 Å². The van der Waals surface area contributed by atoms with Gasteiger partial charge in [0.05, 0.1) is 23.7 Å². The standard InChI is InChI=1S/C25H25N3O6/c26-23(31)17-10-12-27(13-11-17)20-14-22(30)28(24(20)32)19-8-6-18(7-9-19)25(33)34-15-21(29)16-4-2-1-3-5-16/h1-9,17,20H,10-15H2,(H2,26,31). The number of nitrogens with zero attached hydrogens (tertiary/aromatic N) is 2. The number of amides is 3. The molecule has 0 spiro atoms. The van der Waals surface area contributed by atoms with Gasteiger partial charge in [-0.2, -0.15) is 0 Å². The van der Waals surface area contributed by atoms with Crippen molar-refractivity contribution in [1.82, 2.24) is 4.90 Å². The Labute approximate surface area is 196 Å². The first-order valence-electron chi connectivity index (χ1n) is 11.1. The second-order valence-electron chi connectivity index (χ2n) is 8.41. The van der Waals surface area contributed by atoms with Crippen molar-refractivity contribution in [2.75, 3.05) is 24.6 Å². The lowest BCUT2D eigenvalue weighted by Crippen LogP contribution is -2.47. The van der Waals surface area contributed by atoms with Crippen molar-refractivity contribution in [3.63, 3.8) is 0 Å². The lowest BCUT2D eigenvalue weighted by atomic mass is 9.95. The normalized spacial score (nSPS) is 19.3. The van der Waals surface area contributed by atoms with Crippen LogP contribution in [0.1, 0.15) is 40.0 Å². The van der Waals surface area contributed by atoms with Crippen LogP contribution < -0.4 is 10.6 Å². The summed E-state index contributed by atoms with van der Waals surface area (Å²) in [6.45, 7) is 0.664. The van der Waals surface area contributed by atoms with E-state index in [0.29, 0.717) is 37.2 Å². The van der Waals surface area contributed by atoms with Crippen LogP contribution in [0.25, 0.3) is 0 Å². The van der Waals surface area contributed by atoms with E-state index in [9.17, 15) is 24.0 Å². The lowest BCUT2D eigenvalue weighted by Gasteiger charge is -2.33. The molecule has 0 bridgehead atoms. The van der Waals surface area contributed by atoms with E-state index in [1.165, 1.54) is 24.3 Å².